The quantitative estimate of drug-likeness (QED) is 0.541. The Morgan fingerprint density at radius 2 is 2.43 bits per heavy atom. The lowest BCUT2D eigenvalue weighted by atomic mass is 9.98. The highest BCUT2D eigenvalue weighted by Crippen LogP contribution is 2.32. The lowest BCUT2D eigenvalue weighted by molar-refractivity contribution is -0.112. The van der Waals surface area contributed by atoms with Gasteiger partial charge in [0.2, 0.25) is 0 Å². The molecule has 1 aliphatic carbocycles. The Kier molecular flexibility index (Phi) is 3.46. The molecule has 1 fully saturated rings. The predicted molar refractivity (Wildman–Crippen MR) is 52.8 cm³/mol. The second-order valence-corrected chi connectivity index (χ2v) is 3.82. The summed E-state index contributed by atoms with van der Waals surface area (Å²) in [5, 5.41) is 5.13. The maximum Gasteiger partial charge on any atom is 0.315 e. The van der Waals surface area contributed by atoms with Crippen molar-refractivity contribution in [3.63, 3.8) is 0 Å². The maximum atomic E-state index is 11.1. The molecule has 0 heterocycles. The summed E-state index contributed by atoms with van der Waals surface area (Å²) in [6.45, 7) is 0.574. The average molecular weight is 199 g/mol. The van der Waals surface area contributed by atoms with E-state index in [4.69, 9.17) is 5.73 Å². The van der Waals surface area contributed by atoms with E-state index in [-0.39, 0.29) is 6.03 Å². The van der Waals surface area contributed by atoms with Gasteiger partial charge in [-0.3, -0.25) is 0 Å². The summed E-state index contributed by atoms with van der Waals surface area (Å²) in [5.74, 6) is 0.345. The molecule has 5 heteroatoms. The van der Waals surface area contributed by atoms with E-state index in [9.17, 15) is 9.59 Å². The van der Waals surface area contributed by atoms with Crippen LogP contribution in [0.3, 0.4) is 0 Å². The van der Waals surface area contributed by atoms with Crippen LogP contribution in [0, 0.1) is 5.92 Å². The zero-order valence-corrected chi connectivity index (χ0v) is 8.38. The van der Waals surface area contributed by atoms with E-state index < -0.39 is 5.54 Å². The van der Waals surface area contributed by atoms with Gasteiger partial charge in [0.15, 0.2) is 0 Å². The van der Waals surface area contributed by atoms with Crippen LogP contribution < -0.4 is 16.4 Å². The summed E-state index contributed by atoms with van der Waals surface area (Å²) in [7, 11) is 1.53. The van der Waals surface area contributed by atoms with E-state index in [0.717, 1.165) is 12.7 Å². The molecule has 0 spiro atoms. The molecule has 4 N–H and O–H groups in total. The summed E-state index contributed by atoms with van der Waals surface area (Å²) in [5.41, 5.74) is 4.84. The van der Waals surface area contributed by atoms with Gasteiger partial charge >= 0.3 is 6.03 Å². The first-order valence-corrected chi connectivity index (χ1v) is 4.82. The number of aldehydes is 1. The third-order valence-corrected chi connectivity index (χ3v) is 2.80. The molecule has 80 valence electrons. The zero-order valence-electron chi connectivity index (χ0n) is 8.38. The molecule has 1 saturated carbocycles. The molecule has 5 nitrogen and oxygen atoms in total. The molecule has 1 aliphatic rings. The summed E-state index contributed by atoms with van der Waals surface area (Å²) in [6.07, 6.45) is 3.07. The van der Waals surface area contributed by atoms with Crippen molar-refractivity contribution in [2.75, 3.05) is 13.6 Å². The molecule has 0 aromatic carbocycles. The number of hydrogen-bond acceptors (Lipinski definition) is 3. The Morgan fingerprint density at radius 1 is 1.71 bits per heavy atom. The lowest BCUT2D eigenvalue weighted by Gasteiger charge is -2.23. The summed E-state index contributed by atoms with van der Waals surface area (Å²) < 4.78 is 0. The Hall–Kier alpha value is -1.10. The molecule has 0 aliphatic heterocycles. The highest BCUT2D eigenvalue weighted by Gasteiger charge is 2.39. The number of amides is 2. The number of hydrogen-bond donors (Lipinski definition) is 3. The van der Waals surface area contributed by atoms with Crippen molar-refractivity contribution in [3.8, 4) is 0 Å². The van der Waals surface area contributed by atoms with Gasteiger partial charge in [0.25, 0.3) is 0 Å². The van der Waals surface area contributed by atoms with Gasteiger partial charge in [-0.25, -0.2) is 4.79 Å². The Labute approximate surface area is 83.4 Å². The maximum absolute atomic E-state index is 11.1. The van der Waals surface area contributed by atoms with Crippen LogP contribution in [0.2, 0.25) is 0 Å². The van der Waals surface area contributed by atoms with Crippen LogP contribution in [0.4, 0.5) is 4.79 Å². The van der Waals surface area contributed by atoms with Crippen molar-refractivity contribution in [3.05, 3.63) is 0 Å². The van der Waals surface area contributed by atoms with E-state index >= 15 is 0 Å². The average Bonchev–Trinajstić information content (AvgIpc) is 2.62. The molecule has 0 aromatic heterocycles. The highest BCUT2D eigenvalue weighted by molar-refractivity contribution is 5.80. The molecule has 0 bridgehead atoms. The number of rotatable bonds is 3. The van der Waals surface area contributed by atoms with E-state index in [2.05, 4.69) is 10.6 Å². The molecular weight excluding hydrogens is 182 g/mol. The molecule has 2 unspecified atom stereocenters. The van der Waals surface area contributed by atoms with Gasteiger partial charge in [-0.15, -0.1) is 0 Å². The van der Waals surface area contributed by atoms with Gasteiger partial charge in [0.1, 0.15) is 6.29 Å². The molecule has 1 rings (SSSR count). The van der Waals surface area contributed by atoms with E-state index in [1.54, 1.807) is 0 Å². The van der Waals surface area contributed by atoms with Gasteiger partial charge in [-0.1, -0.05) is 0 Å². The van der Waals surface area contributed by atoms with Crippen molar-refractivity contribution >= 4 is 12.3 Å². The van der Waals surface area contributed by atoms with Gasteiger partial charge in [0.05, 0.1) is 5.54 Å². The number of carbonyl (C=O) groups is 2. The smallest absolute Gasteiger partial charge is 0.315 e. The van der Waals surface area contributed by atoms with Gasteiger partial charge in [-0.2, -0.15) is 0 Å². The summed E-state index contributed by atoms with van der Waals surface area (Å²) >= 11 is 0. The Balaban J connectivity index is 2.60. The molecule has 0 aromatic rings. The molecule has 0 radical (unpaired) electrons. The molecular formula is C9H17N3O2. The van der Waals surface area contributed by atoms with Crippen molar-refractivity contribution in [2.24, 2.45) is 11.7 Å². The minimum atomic E-state index is -0.690. The van der Waals surface area contributed by atoms with Crippen LogP contribution in [-0.2, 0) is 4.79 Å². The topological polar surface area (TPSA) is 84.2 Å². The summed E-state index contributed by atoms with van der Waals surface area (Å²) in [4.78, 5) is 22.1. The number of nitrogens with two attached hydrogens (primary N) is 1. The Bertz CT molecular complexity index is 232. The fourth-order valence-corrected chi connectivity index (χ4v) is 1.92. The minimum Gasteiger partial charge on any atom is -0.341 e. The number of urea groups is 1. The minimum absolute atomic E-state index is 0.310. The Morgan fingerprint density at radius 3 is 2.86 bits per heavy atom. The van der Waals surface area contributed by atoms with Crippen molar-refractivity contribution in [1.82, 2.24) is 10.6 Å². The number of carbonyl (C=O) groups excluding carboxylic acids is 2. The third-order valence-electron chi connectivity index (χ3n) is 2.80. The molecule has 2 amide bonds. The first-order chi connectivity index (χ1) is 6.65. The second kappa shape index (κ2) is 4.41. The van der Waals surface area contributed by atoms with Crippen molar-refractivity contribution < 1.29 is 9.59 Å². The van der Waals surface area contributed by atoms with Crippen LogP contribution in [0.25, 0.3) is 0 Å². The fraction of sp³-hybridized carbons (Fsp3) is 0.778. The number of nitrogens with one attached hydrogen (secondary N) is 2. The van der Waals surface area contributed by atoms with Crippen LogP contribution in [0.5, 0.6) is 0 Å². The molecule has 2 atom stereocenters. The first-order valence-electron chi connectivity index (χ1n) is 4.82. The van der Waals surface area contributed by atoms with Crippen LogP contribution >= 0.6 is 0 Å². The van der Waals surface area contributed by atoms with Gasteiger partial charge in [-0.05, 0) is 31.7 Å². The zero-order chi connectivity index (χ0) is 10.6. The van der Waals surface area contributed by atoms with Crippen molar-refractivity contribution in [1.29, 1.82) is 0 Å². The van der Waals surface area contributed by atoms with E-state index in [1.165, 1.54) is 7.05 Å². The van der Waals surface area contributed by atoms with E-state index in [0.29, 0.717) is 25.3 Å². The summed E-state index contributed by atoms with van der Waals surface area (Å²) in [6, 6.07) is -0.310. The van der Waals surface area contributed by atoms with Crippen molar-refractivity contribution in [2.45, 2.75) is 24.8 Å². The van der Waals surface area contributed by atoms with Gasteiger partial charge in [0, 0.05) is 7.05 Å². The first kappa shape index (κ1) is 11.0. The largest absolute Gasteiger partial charge is 0.341 e. The van der Waals surface area contributed by atoms with Gasteiger partial charge < -0.3 is 21.2 Å². The molecule has 14 heavy (non-hydrogen) atoms. The lowest BCUT2D eigenvalue weighted by Crippen LogP contribution is -2.51. The van der Waals surface area contributed by atoms with Crippen LogP contribution in [-0.4, -0.2) is 31.4 Å². The van der Waals surface area contributed by atoms with Crippen LogP contribution in [0.15, 0.2) is 0 Å². The standard InChI is InChI=1S/C9H17N3O2/c1-11-8(14)12-9(6-13)3-2-7(4-9)5-10/h6-7H,2-5,10H2,1H3,(H2,11,12,14). The molecule has 0 saturated heterocycles. The second-order valence-electron chi connectivity index (χ2n) is 3.82. The highest BCUT2D eigenvalue weighted by atomic mass is 16.2. The normalized spacial score (nSPS) is 31.1. The predicted octanol–water partition coefficient (Wildman–Crippen LogP) is -0.388. The van der Waals surface area contributed by atoms with Crippen LogP contribution in [0.1, 0.15) is 19.3 Å². The third kappa shape index (κ3) is 2.23. The fourth-order valence-electron chi connectivity index (χ4n) is 1.92. The van der Waals surface area contributed by atoms with E-state index in [1.807, 2.05) is 0 Å². The SMILES string of the molecule is CNC(=O)NC1(C=O)CCC(CN)C1. The monoisotopic (exact) mass is 199 g/mol.